The Balaban J connectivity index is 1.44. The number of rotatable bonds is 9. The van der Waals surface area contributed by atoms with Crippen molar-refractivity contribution < 1.29 is 33.4 Å². The van der Waals surface area contributed by atoms with Crippen LogP contribution in [0, 0.1) is 0 Å². The van der Waals surface area contributed by atoms with Crippen molar-refractivity contribution in [3.8, 4) is 0 Å². The van der Waals surface area contributed by atoms with Crippen molar-refractivity contribution in [2.24, 2.45) is 0 Å². The minimum absolute atomic E-state index is 0.0298. The molecule has 1 heterocycles. The lowest BCUT2D eigenvalue weighted by molar-refractivity contribution is -0.151. The largest absolute Gasteiger partial charge is 0.462 e. The number of imide groups is 1. The normalized spacial score (nSPS) is 13.1. The van der Waals surface area contributed by atoms with E-state index in [0.717, 1.165) is 4.90 Å². The lowest BCUT2D eigenvalue weighted by atomic mass is 10.0. The van der Waals surface area contributed by atoms with Crippen LogP contribution in [0.1, 0.15) is 43.6 Å². The molecule has 0 aliphatic carbocycles. The minimum Gasteiger partial charge on any atom is -0.462 e. The number of hydrogen-bond acceptors (Lipinski definition) is 7. The van der Waals surface area contributed by atoms with Gasteiger partial charge in [0.25, 0.3) is 17.7 Å². The summed E-state index contributed by atoms with van der Waals surface area (Å²) < 4.78 is 10.2. The molecule has 1 aliphatic rings. The molecule has 0 saturated heterocycles. The van der Waals surface area contributed by atoms with Crippen molar-refractivity contribution in [2.75, 3.05) is 18.5 Å². The topological polar surface area (TPSA) is 119 Å². The van der Waals surface area contributed by atoms with Gasteiger partial charge in [0.05, 0.1) is 23.3 Å². The van der Waals surface area contributed by atoms with E-state index >= 15 is 0 Å². The third-order valence-electron chi connectivity index (χ3n) is 5.71. The molecule has 0 radical (unpaired) electrons. The highest BCUT2D eigenvalue weighted by Gasteiger charge is 2.43. The van der Waals surface area contributed by atoms with Crippen LogP contribution < -0.4 is 5.32 Å². The van der Waals surface area contributed by atoms with Gasteiger partial charge in [-0.3, -0.25) is 19.3 Å². The van der Waals surface area contributed by atoms with Crippen LogP contribution in [0.15, 0.2) is 78.9 Å². The summed E-state index contributed by atoms with van der Waals surface area (Å²) in [6.07, 6.45) is 0.0298. The predicted molar refractivity (Wildman–Crippen MR) is 133 cm³/mol. The summed E-state index contributed by atoms with van der Waals surface area (Å²) in [5.74, 6) is -3.18. The summed E-state index contributed by atoms with van der Waals surface area (Å²) >= 11 is 0. The third kappa shape index (κ3) is 5.72. The van der Waals surface area contributed by atoms with Crippen molar-refractivity contribution in [2.45, 2.75) is 19.4 Å². The number of carbonyl (C=O) groups is 5. The Morgan fingerprint density at radius 2 is 1.41 bits per heavy atom. The van der Waals surface area contributed by atoms with Gasteiger partial charge in [-0.25, -0.2) is 9.59 Å². The number of fused-ring (bicyclic) bond motifs is 1. The molecular weight excluding hydrogens is 476 g/mol. The fourth-order valence-electron chi connectivity index (χ4n) is 3.94. The van der Waals surface area contributed by atoms with Crippen molar-refractivity contribution in [1.82, 2.24) is 4.90 Å². The Morgan fingerprint density at radius 3 is 2.00 bits per heavy atom. The third-order valence-corrected chi connectivity index (χ3v) is 5.71. The number of nitrogens with zero attached hydrogens (tertiary/aromatic N) is 1. The van der Waals surface area contributed by atoms with E-state index in [-0.39, 0.29) is 24.2 Å². The fraction of sp³-hybridized carbons (Fsp3) is 0.179. The van der Waals surface area contributed by atoms with E-state index in [9.17, 15) is 24.0 Å². The summed E-state index contributed by atoms with van der Waals surface area (Å²) in [6.45, 7) is 1.31. The predicted octanol–water partition coefficient (Wildman–Crippen LogP) is 3.25. The second kappa shape index (κ2) is 11.3. The number of anilines is 1. The maximum Gasteiger partial charge on any atom is 0.338 e. The summed E-state index contributed by atoms with van der Waals surface area (Å²) in [4.78, 5) is 64.2. The van der Waals surface area contributed by atoms with Crippen molar-refractivity contribution in [3.63, 3.8) is 0 Å². The molecule has 9 heteroatoms. The first-order chi connectivity index (χ1) is 17.9. The number of esters is 2. The molecule has 4 rings (SSSR count). The molecule has 0 fully saturated rings. The zero-order valence-corrected chi connectivity index (χ0v) is 20.0. The molecule has 37 heavy (non-hydrogen) atoms. The molecule has 3 aromatic carbocycles. The van der Waals surface area contributed by atoms with E-state index in [1.54, 1.807) is 43.3 Å². The van der Waals surface area contributed by atoms with E-state index in [1.807, 2.05) is 6.07 Å². The van der Waals surface area contributed by atoms with Crippen LogP contribution in [0.25, 0.3) is 0 Å². The van der Waals surface area contributed by atoms with Crippen LogP contribution in [0.5, 0.6) is 0 Å². The average molecular weight is 501 g/mol. The van der Waals surface area contributed by atoms with Crippen LogP contribution in [0.3, 0.4) is 0 Å². The van der Waals surface area contributed by atoms with Gasteiger partial charge < -0.3 is 14.8 Å². The zero-order valence-electron chi connectivity index (χ0n) is 20.0. The Morgan fingerprint density at radius 1 is 0.811 bits per heavy atom. The number of nitrogens with one attached hydrogen (secondary N) is 1. The van der Waals surface area contributed by atoms with Gasteiger partial charge in [-0.1, -0.05) is 42.5 Å². The SMILES string of the molecule is CCOC(=O)c1ccc(NC(=O)COC(=O)[C@H](Cc2ccccc2)N2C(=O)c3ccccc3C2=O)cc1. The van der Waals surface area contributed by atoms with Gasteiger partial charge in [0.2, 0.25) is 0 Å². The average Bonchev–Trinajstić information content (AvgIpc) is 3.16. The highest BCUT2D eigenvalue weighted by Crippen LogP contribution is 2.26. The summed E-state index contributed by atoms with van der Waals surface area (Å²) in [5, 5.41) is 2.57. The summed E-state index contributed by atoms with van der Waals surface area (Å²) in [7, 11) is 0. The van der Waals surface area contributed by atoms with Crippen molar-refractivity contribution in [1.29, 1.82) is 0 Å². The quantitative estimate of drug-likeness (QED) is 0.354. The Kier molecular flexibility index (Phi) is 7.73. The molecule has 3 aromatic rings. The highest BCUT2D eigenvalue weighted by atomic mass is 16.5. The second-order valence-electron chi connectivity index (χ2n) is 8.19. The van der Waals surface area contributed by atoms with E-state index in [2.05, 4.69) is 5.32 Å². The summed E-state index contributed by atoms with van der Waals surface area (Å²) in [6, 6.07) is 20.0. The van der Waals surface area contributed by atoms with Crippen LogP contribution in [0.4, 0.5) is 5.69 Å². The first-order valence-corrected chi connectivity index (χ1v) is 11.6. The van der Waals surface area contributed by atoms with Crippen molar-refractivity contribution in [3.05, 3.63) is 101 Å². The molecule has 1 N–H and O–H groups in total. The molecule has 3 amide bonds. The van der Waals surface area contributed by atoms with Gasteiger partial charge in [0.15, 0.2) is 6.61 Å². The molecule has 0 aromatic heterocycles. The van der Waals surface area contributed by atoms with Crippen molar-refractivity contribution >= 4 is 35.3 Å². The number of amides is 3. The first kappa shape index (κ1) is 25.3. The molecule has 1 aliphatic heterocycles. The van der Waals surface area contributed by atoms with E-state index in [0.29, 0.717) is 16.8 Å². The van der Waals surface area contributed by atoms with E-state index in [1.165, 1.54) is 36.4 Å². The van der Waals surface area contributed by atoms with E-state index in [4.69, 9.17) is 9.47 Å². The minimum atomic E-state index is -1.26. The van der Waals surface area contributed by atoms with E-state index < -0.39 is 42.3 Å². The molecule has 1 atom stereocenters. The number of ether oxygens (including phenoxy) is 2. The smallest absolute Gasteiger partial charge is 0.338 e. The maximum atomic E-state index is 13.1. The second-order valence-corrected chi connectivity index (χ2v) is 8.19. The molecule has 0 spiro atoms. The van der Waals surface area contributed by atoms with Gasteiger partial charge >= 0.3 is 11.9 Å². The number of benzene rings is 3. The van der Waals surface area contributed by atoms with Gasteiger partial charge in [0, 0.05) is 12.1 Å². The van der Waals surface area contributed by atoms with Crippen LogP contribution in [-0.2, 0) is 25.5 Å². The van der Waals surface area contributed by atoms with Crippen LogP contribution >= 0.6 is 0 Å². The lowest BCUT2D eigenvalue weighted by Gasteiger charge is -2.24. The summed E-state index contributed by atoms with van der Waals surface area (Å²) in [5.41, 5.74) is 1.85. The van der Waals surface area contributed by atoms with Gasteiger partial charge in [-0.15, -0.1) is 0 Å². The molecule has 0 unspecified atom stereocenters. The molecule has 188 valence electrons. The highest BCUT2D eigenvalue weighted by molar-refractivity contribution is 6.22. The monoisotopic (exact) mass is 500 g/mol. The Labute approximate surface area is 213 Å². The van der Waals surface area contributed by atoms with Gasteiger partial charge in [0.1, 0.15) is 6.04 Å². The first-order valence-electron chi connectivity index (χ1n) is 11.6. The fourth-order valence-corrected chi connectivity index (χ4v) is 3.94. The van der Waals surface area contributed by atoms with Crippen LogP contribution in [-0.4, -0.2) is 53.8 Å². The zero-order chi connectivity index (χ0) is 26.4. The maximum absolute atomic E-state index is 13.1. The standard InChI is InChI=1S/C28H24N2O7/c1-2-36-27(34)19-12-14-20(15-13-19)29-24(31)17-37-28(35)23(16-18-8-4-3-5-9-18)30-25(32)21-10-6-7-11-22(21)26(30)33/h3-15,23H,2,16-17H2,1H3,(H,29,31)/t23-/m0/s1. The Bertz CT molecular complexity index is 1300. The Hall–Kier alpha value is -4.79. The number of hydrogen-bond donors (Lipinski definition) is 1. The van der Waals surface area contributed by atoms with Gasteiger partial charge in [-0.05, 0) is 48.9 Å². The lowest BCUT2D eigenvalue weighted by Crippen LogP contribution is -2.47. The number of carbonyl (C=O) groups excluding carboxylic acids is 5. The molecule has 0 saturated carbocycles. The van der Waals surface area contributed by atoms with Gasteiger partial charge in [-0.2, -0.15) is 0 Å². The molecule has 9 nitrogen and oxygen atoms in total. The molecular formula is C28H24N2O7. The van der Waals surface area contributed by atoms with Crippen LogP contribution in [0.2, 0.25) is 0 Å². The molecule has 0 bridgehead atoms.